The highest BCUT2D eigenvalue weighted by Crippen LogP contribution is 2.20. The molecule has 0 aliphatic carbocycles. The number of amides is 2. The minimum atomic E-state index is -0.331. The van der Waals surface area contributed by atoms with Gasteiger partial charge < -0.3 is 15.6 Å². The molecule has 1 heterocycles. The van der Waals surface area contributed by atoms with Crippen LogP contribution in [-0.4, -0.2) is 22.8 Å². The van der Waals surface area contributed by atoms with Crippen LogP contribution in [-0.2, 0) is 11.2 Å². The Hall–Kier alpha value is -4.12. The van der Waals surface area contributed by atoms with Crippen molar-refractivity contribution in [2.45, 2.75) is 19.4 Å². The van der Waals surface area contributed by atoms with Crippen LogP contribution in [0.15, 0.2) is 96.8 Å². The fourth-order valence-corrected chi connectivity index (χ4v) is 3.63. The molecule has 1 atom stereocenters. The number of carbonyl (C=O) groups is 2. The number of benzene rings is 3. The zero-order valence-corrected chi connectivity index (χ0v) is 17.8. The van der Waals surface area contributed by atoms with Crippen molar-refractivity contribution in [2.24, 2.45) is 0 Å². The molecule has 0 radical (unpaired) electrons. The standard InChI is InChI=1S/C27H25N3O2/c1-19(16-20-10-4-2-5-11-20)29-27(32)25(30-26(31)21-12-6-3-7-13-21)17-22-18-28-24-15-9-8-14-23(22)24/h2-15,17-19,28H,16H2,1H3,(H,29,32)(H,30,31)/b25-17-. The van der Waals surface area contributed by atoms with Crippen LogP contribution in [0.5, 0.6) is 0 Å². The first-order valence-corrected chi connectivity index (χ1v) is 10.6. The van der Waals surface area contributed by atoms with Gasteiger partial charge in [0, 0.05) is 34.3 Å². The van der Waals surface area contributed by atoms with E-state index in [-0.39, 0.29) is 23.6 Å². The smallest absolute Gasteiger partial charge is 0.268 e. The molecule has 0 saturated carbocycles. The van der Waals surface area contributed by atoms with Gasteiger partial charge in [0.25, 0.3) is 11.8 Å². The third kappa shape index (κ3) is 5.13. The summed E-state index contributed by atoms with van der Waals surface area (Å²) in [7, 11) is 0. The van der Waals surface area contributed by atoms with Crippen LogP contribution >= 0.6 is 0 Å². The van der Waals surface area contributed by atoms with E-state index < -0.39 is 0 Å². The largest absolute Gasteiger partial charge is 0.361 e. The Kier molecular flexibility index (Phi) is 6.46. The van der Waals surface area contributed by atoms with Gasteiger partial charge in [0.2, 0.25) is 0 Å². The molecule has 1 aromatic heterocycles. The molecular formula is C27H25N3O2. The molecule has 5 heteroatoms. The number of fused-ring (bicyclic) bond motifs is 1. The van der Waals surface area contributed by atoms with Crippen LogP contribution in [0.25, 0.3) is 17.0 Å². The molecule has 5 nitrogen and oxygen atoms in total. The van der Waals surface area contributed by atoms with E-state index in [1.807, 2.05) is 73.8 Å². The fraction of sp³-hybridized carbons (Fsp3) is 0.111. The van der Waals surface area contributed by atoms with E-state index in [4.69, 9.17) is 0 Å². The molecule has 0 spiro atoms. The Balaban J connectivity index is 1.59. The van der Waals surface area contributed by atoms with Crippen molar-refractivity contribution in [1.29, 1.82) is 0 Å². The third-order valence-corrected chi connectivity index (χ3v) is 5.21. The summed E-state index contributed by atoms with van der Waals surface area (Å²) in [6, 6.07) is 26.6. The molecule has 0 aliphatic rings. The summed E-state index contributed by atoms with van der Waals surface area (Å²) in [5.74, 6) is -0.662. The van der Waals surface area contributed by atoms with Gasteiger partial charge in [-0.05, 0) is 43.2 Å². The molecular weight excluding hydrogens is 398 g/mol. The molecule has 2 amide bonds. The first-order valence-electron chi connectivity index (χ1n) is 10.6. The SMILES string of the molecule is CC(Cc1ccccc1)NC(=O)/C(=C/c1c[nH]c2ccccc12)NC(=O)c1ccccc1. The molecule has 4 aromatic rings. The molecule has 1 unspecified atom stereocenters. The van der Waals surface area contributed by atoms with Crippen molar-refractivity contribution in [3.63, 3.8) is 0 Å². The zero-order chi connectivity index (χ0) is 22.3. The molecule has 32 heavy (non-hydrogen) atoms. The topological polar surface area (TPSA) is 74.0 Å². The van der Waals surface area contributed by atoms with Gasteiger partial charge in [0.15, 0.2) is 0 Å². The maximum Gasteiger partial charge on any atom is 0.268 e. The summed E-state index contributed by atoms with van der Waals surface area (Å²) in [6.07, 6.45) is 4.24. The first kappa shape index (κ1) is 21.1. The van der Waals surface area contributed by atoms with E-state index in [0.717, 1.165) is 22.0 Å². The van der Waals surface area contributed by atoms with Gasteiger partial charge in [-0.3, -0.25) is 9.59 Å². The molecule has 0 bridgehead atoms. The van der Waals surface area contributed by atoms with Crippen molar-refractivity contribution >= 4 is 28.8 Å². The highest BCUT2D eigenvalue weighted by Gasteiger charge is 2.17. The van der Waals surface area contributed by atoms with Crippen LogP contribution in [0.1, 0.15) is 28.4 Å². The number of aromatic nitrogens is 1. The zero-order valence-electron chi connectivity index (χ0n) is 17.8. The van der Waals surface area contributed by atoms with Crippen molar-refractivity contribution in [3.05, 3.63) is 114 Å². The van der Waals surface area contributed by atoms with Gasteiger partial charge in [-0.15, -0.1) is 0 Å². The highest BCUT2D eigenvalue weighted by molar-refractivity contribution is 6.06. The van der Waals surface area contributed by atoms with Crippen LogP contribution in [0.3, 0.4) is 0 Å². The van der Waals surface area contributed by atoms with Gasteiger partial charge in [-0.1, -0.05) is 66.7 Å². The van der Waals surface area contributed by atoms with Gasteiger partial charge in [-0.25, -0.2) is 0 Å². The number of aromatic amines is 1. The molecule has 3 N–H and O–H groups in total. The Labute approximate surface area is 187 Å². The Bertz CT molecular complexity index is 1240. The van der Waals surface area contributed by atoms with E-state index in [9.17, 15) is 9.59 Å². The second kappa shape index (κ2) is 9.79. The van der Waals surface area contributed by atoms with Crippen LogP contribution in [0.4, 0.5) is 0 Å². The normalized spacial score (nSPS) is 12.3. The third-order valence-electron chi connectivity index (χ3n) is 5.21. The molecule has 4 rings (SSSR count). The van der Waals surface area contributed by atoms with E-state index in [1.54, 1.807) is 30.3 Å². The maximum absolute atomic E-state index is 13.2. The van der Waals surface area contributed by atoms with E-state index in [0.29, 0.717) is 12.0 Å². The molecule has 0 aliphatic heterocycles. The van der Waals surface area contributed by atoms with Crippen molar-refractivity contribution < 1.29 is 9.59 Å². The lowest BCUT2D eigenvalue weighted by Crippen LogP contribution is -2.40. The molecule has 3 aromatic carbocycles. The fourth-order valence-electron chi connectivity index (χ4n) is 3.63. The van der Waals surface area contributed by atoms with Gasteiger partial charge in [0.1, 0.15) is 5.70 Å². The van der Waals surface area contributed by atoms with Gasteiger partial charge in [-0.2, -0.15) is 0 Å². The monoisotopic (exact) mass is 423 g/mol. The predicted octanol–water partition coefficient (Wildman–Crippen LogP) is 4.69. The second-order valence-electron chi connectivity index (χ2n) is 7.73. The van der Waals surface area contributed by atoms with Gasteiger partial charge in [0.05, 0.1) is 0 Å². The summed E-state index contributed by atoms with van der Waals surface area (Å²) in [4.78, 5) is 29.2. The lowest BCUT2D eigenvalue weighted by Gasteiger charge is -2.16. The maximum atomic E-state index is 13.2. The number of rotatable bonds is 7. The Morgan fingerprint density at radius 2 is 1.56 bits per heavy atom. The summed E-state index contributed by atoms with van der Waals surface area (Å²) in [6.45, 7) is 1.95. The number of para-hydroxylation sites is 1. The summed E-state index contributed by atoms with van der Waals surface area (Å²) in [5, 5.41) is 6.79. The number of hydrogen-bond acceptors (Lipinski definition) is 2. The van der Waals surface area contributed by atoms with Gasteiger partial charge >= 0.3 is 0 Å². The lowest BCUT2D eigenvalue weighted by molar-refractivity contribution is -0.118. The molecule has 0 saturated heterocycles. The quantitative estimate of drug-likeness (QED) is 0.378. The number of nitrogens with one attached hydrogen (secondary N) is 3. The van der Waals surface area contributed by atoms with Crippen molar-refractivity contribution in [1.82, 2.24) is 15.6 Å². The van der Waals surface area contributed by atoms with Crippen LogP contribution in [0, 0.1) is 0 Å². The average molecular weight is 424 g/mol. The minimum Gasteiger partial charge on any atom is -0.361 e. The Morgan fingerprint density at radius 1 is 0.906 bits per heavy atom. The number of carbonyl (C=O) groups excluding carboxylic acids is 2. The van der Waals surface area contributed by atoms with Crippen LogP contribution in [0.2, 0.25) is 0 Å². The average Bonchev–Trinajstić information content (AvgIpc) is 3.22. The first-order chi connectivity index (χ1) is 15.6. The number of hydrogen-bond donors (Lipinski definition) is 3. The summed E-state index contributed by atoms with van der Waals surface area (Å²) < 4.78 is 0. The summed E-state index contributed by atoms with van der Waals surface area (Å²) in [5.41, 5.74) is 3.61. The van der Waals surface area contributed by atoms with Crippen LogP contribution < -0.4 is 10.6 Å². The number of H-pyrrole nitrogens is 1. The van der Waals surface area contributed by atoms with Crippen molar-refractivity contribution in [3.8, 4) is 0 Å². The predicted molar refractivity (Wildman–Crippen MR) is 128 cm³/mol. The molecule has 0 fully saturated rings. The molecule has 160 valence electrons. The van der Waals surface area contributed by atoms with E-state index in [2.05, 4.69) is 15.6 Å². The minimum absolute atomic E-state index is 0.107. The summed E-state index contributed by atoms with van der Waals surface area (Å²) >= 11 is 0. The second-order valence-corrected chi connectivity index (χ2v) is 7.73. The van der Waals surface area contributed by atoms with E-state index in [1.165, 1.54) is 0 Å². The Morgan fingerprint density at radius 3 is 2.31 bits per heavy atom. The lowest BCUT2D eigenvalue weighted by atomic mass is 10.1. The van der Waals surface area contributed by atoms with E-state index >= 15 is 0 Å². The van der Waals surface area contributed by atoms with Crippen molar-refractivity contribution in [2.75, 3.05) is 0 Å². The highest BCUT2D eigenvalue weighted by atomic mass is 16.2.